The Morgan fingerprint density at radius 3 is 1.82 bits per heavy atom. The molecule has 6 nitrogen and oxygen atoms in total. The Labute approximate surface area is 71.3 Å². The lowest BCUT2D eigenvalue weighted by Gasteiger charge is -2.01. The molecular formula is C3H2Cl2N4O2. The molecule has 0 spiro atoms. The largest absolute Gasteiger partial charge is 0.479 e. The quantitative estimate of drug-likeness (QED) is 0.634. The summed E-state index contributed by atoms with van der Waals surface area (Å²) < 4.78 is 0.487. The molecule has 60 valence electrons. The Balaban J connectivity index is 3.08. The van der Waals surface area contributed by atoms with Crippen molar-refractivity contribution in [1.29, 1.82) is 0 Å². The van der Waals surface area contributed by atoms with E-state index in [1.54, 1.807) is 0 Å². The van der Waals surface area contributed by atoms with Gasteiger partial charge in [-0.2, -0.15) is 13.9 Å². The van der Waals surface area contributed by atoms with Crippen LogP contribution in [0, 0.1) is 0 Å². The molecule has 1 rings (SSSR count). The molecule has 0 amide bonds. The van der Waals surface area contributed by atoms with Gasteiger partial charge in [-0.05, 0) is 0 Å². The molecule has 0 unspecified atom stereocenters. The summed E-state index contributed by atoms with van der Waals surface area (Å²) in [6.07, 6.45) is 0. The molecule has 0 radical (unpaired) electrons. The third kappa shape index (κ3) is 1.95. The van der Waals surface area contributed by atoms with Crippen LogP contribution in [-0.2, 0) is 0 Å². The minimum absolute atomic E-state index is 0.252. The average Bonchev–Trinajstić information content (AvgIpc) is 1.85. The highest BCUT2D eigenvalue weighted by Crippen LogP contribution is 2.17. The fourth-order valence-electron chi connectivity index (χ4n) is 0.419. The second-order valence-corrected chi connectivity index (χ2v) is 2.32. The van der Waals surface area contributed by atoms with Gasteiger partial charge in [0.1, 0.15) is 0 Å². The van der Waals surface area contributed by atoms with Crippen LogP contribution >= 0.6 is 23.6 Å². The molecule has 0 saturated heterocycles. The van der Waals surface area contributed by atoms with Crippen LogP contribution in [0.25, 0.3) is 0 Å². The van der Waals surface area contributed by atoms with E-state index < -0.39 is 12.0 Å². The number of halogens is 2. The predicted octanol–water partition coefficient (Wildman–Crippen LogP) is 0.397. The van der Waals surface area contributed by atoms with Crippen LogP contribution in [0.5, 0.6) is 12.0 Å². The van der Waals surface area contributed by atoms with Crippen LogP contribution in [0.15, 0.2) is 0 Å². The first-order valence-electron chi connectivity index (χ1n) is 2.35. The Morgan fingerprint density at radius 1 is 1.00 bits per heavy atom. The first-order chi connectivity index (χ1) is 5.09. The summed E-state index contributed by atoms with van der Waals surface area (Å²) in [6, 6.07) is -1.31. The minimum atomic E-state index is -0.654. The molecule has 0 atom stereocenters. The topological polar surface area (TPSA) is 82.4 Å². The van der Waals surface area contributed by atoms with Gasteiger partial charge in [-0.25, -0.2) is 0 Å². The van der Waals surface area contributed by atoms with Gasteiger partial charge in [-0.3, -0.25) is 0 Å². The van der Waals surface area contributed by atoms with Gasteiger partial charge in [0, 0.05) is 23.6 Å². The zero-order valence-electron chi connectivity index (χ0n) is 4.94. The molecule has 0 aliphatic rings. The maximum atomic E-state index is 8.68. The molecule has 0 aliphatic carbocycles. The highest BCUT2D eigenvalue weighted by Gasteiger charge is 2.07. The van der Waals surface area contributed by atoms with Crippen molar-refractivity contribution in [1.82, 2.24) is 15.0 Å². The van der Waals surface area contributed by atoms with E-state index in [0.29, 0.717) is 3.94 Å². The van der Waals surface area contributed by atoms with E-state index in [1.165, 1.54) is 0 Å². The number of aromatic nitrogens is 3. The summed E-state index contributed by atoms with van der Waals surface area (Å²) in [5, 5.41) is 17.4. The van der Waals surface area contributed by atoms with Crippen LogP contribution in [0.2, 0.25) is 0 Å². The number of nitrogens with zero attached hydrogens (tertiary/aromatic N) is 4. The maximum absolute atomic E-state index is 8.68. The van der Waals surface area contributed by atoms with Gasteiger partial charge in [0.15, 0.2) is 0 Å². The lowest BCUT2D eigenvalue weighted by atomic mass is 10.9. The fourth-order valence-corrected chi connectivity index (χ4v) is 0.570. The molecule has 0 fully saturated rings. The van der Waals surface area contributed by atoms with Crippen molar-refractivity contribution in [2.24, 2.45) is 0 Å². The normalized spacial score (nSPS) is 9.64. The molecule has 0 bridgehead atoms. The summed E-state index contributed by atoms with van der Waals surface area (Å²) in [5.41, 5.74) is 0. The van der Waals surface area contributed by atoms with Crippen LogP contribution in [-0.4, -0.2) is 25.2 Å². The number of hydrogen-bond acceptors (Lipinski definition) is 6. The Bertz CT molecular complexity index is 247. The number of anilines is 1. The van der Waals surface area contributed by atoms with E-state index in [2.05, 4.69) is 15.0 Å². The fraction of sp³-hybridized carbons (Fsp3) is 0. The van der Waals surface area contributed by atoms with Crippen molar-refractivity contribution in [3.8, 4) is 12.0 Å². The summed E-state index contributed by atoms with van der Waals surface area (Å²) in [7, 11) is 0. The van der Waals surface area contributed by atoms with Crippen molar-refractivity contribution in [2.45, 2.75) is 0 Å². The Kier molecular flexibility index (Phi) is 2.16. The van der Waals surface area contributed by atoms with Crippen molar-refractivity contribution in [3.05, 3.63) is 0 Å². The smallest absolute Gasteiger partial charge is 0.321 e. The SMILES string of the molecule is Oc1nc(O)nc(N(Cl)Cl)n1. The predicted molar refractivity (Wildman–Crippen MR) is 37.3 cm³/mol. The maximum Gasteiger partial charge on any atom is 0.321 e. The molecule has 8 heteroatoms. The average molecular weight is 197 g/mol. The third-order valence-electron chi connectivity index (χ3n) is 0.751. The number of hydrogen-bond donors (Lipinski definition) is 2. The summed E-state index contributed by atoms with van der Waals surface area (Å²) >= 11 is 10.3. The van der Waals surface area contributed by atoms with Gasteiger partial charge >= 0.3 is 12.0 Å². The molecular weight excluding hydrogens is 195 g/mol. The molecule has 1 aromatic rings. The molecule has 0 aromatic carbocycles. The first kappa shape index (κ1) is 8.09. The van der Waals surface area contributed by atoms with Gasteiger partial charge in [0.2, 0.25) is 0 Å². The van der Waals surface area contributed by atoms with Gasteiger partial charge in [0.25, 0.3) is 5.95 Å². The van der Waals surface area contributed by atoms with Crippen LogP contribution in [0.1, 0.15) is 0 Å². The zero-order chi connectivity index (χ0) is 8.43. The molecule has 2 N–H and O–H groups in total. The summed E-state index contributed by atoms with van der Waals surface area (Å²) in [4.78, 5) is 9.60. The van der Waals surface area contributed by atoms with Crippen molar-refractivity contribution in [2.75, 3.05) is 3.94 Å². The third-order valence-corrected chi connectivity index (χ3v) is 1.05. The molecule has 1 aromatic heterocycles. The Hall–Kier alpha value is -1.01. The summed E-state index contributed by atoms with van der Waals surface area (Å²) in [5.74, 6) is -0.252. The standard InChI is InChI=1S/C3H2Cl2N4O2/c4-9(5)1-6-2(10)8-3(11)7-1/h(H2,6,7,8,10,11). The van der Waals surface area contributed by atoms with E-state index in [-0.39, 0.29) is 5.95 Å². The monoisotopic (exact) mass is 196 g/mol. The van der Waals surface area contributed by atoms with Crippen LogP contribution in [0.4, 0.5) is 5.95 Å². The van der Waals surface area contributed by atoms with Crippen LogP contribution < -0.4 is 3.94 Å². The number of aromatic hydroxyl groups is 2. The molecule has 11 heavy (non-hydrogen) atoms. The molecule has 0 saturated carbocycles. The highest BCUT2D eigenvalue weighted by atomic mass is 35.5. The summed E-state index contributed by atoms with van der Waals surface area (Å²) in [6.45, 7) is 0. The van der Waals surface area contributed by atoms with Crippen molar-refractivity contribution >= 4 is 29.5 Å². The second-order valence-electron chi connectivity index (χ2n) is 1.47. The van der Waals surface area contributed by atoms with Crippen molar-refractivity contribution in [3.63, 3.8) is 0 Å². The van der Waals surface area contributed by atoms with Crippen molar-refractivity contribution < 1.29 is 10.2 Å². The second kappa shape index (κ2) is 2.93. The van der Waals surface area contributed by atoms with E-state index in [1.807, 2.05) is 0 Å². The van der Waals surface area contributed by atoms with Gasteiger partial charge in [-0.1, -0.05) is 0 Å². The zero-order valence-corrected chi connectivity index (χ0v) is 6.45. The first-order valence-corrected chi connectivity index (χ1v) is 3.03. The lowest BCUT2D eigenvalue weighted by Crippen LogP contribution is -1.99. The minimum Gasteiger partial charge on any atom is -0.479 e. The van der Waals surface area contributed by atoms with Gasteiger partial charge in [0.05, 0.1) is 0 Å². The Morgan fingerprint density at radius 2 is 1.45 bits per heavy atom. The van der Waals surface area contributed by atoms with Crippen LogP contribution in [0.3, 0.4) is 0 Å². The van der Waals surface area contributed by atoms with E-state index in [0.717, 1.165) is 0 Å². The van der Waals surface area contributed by atoms with E-state index >= 15 is 0 Å². The van der Waals surface area contributed by atoms with Gasteiger partial charge in [-0.15, -0.1) is 4.98 Å². The number of rotatable bonds is 1. The lowest BCUT2D eigenvalue weighted by molar-refractivity contribution is 0.384. The van der Waals surface area contributed by atoms with Gasteiger partial charge < -0.3 is 10.2 Å². The molecule has 1 heterocycles. The van der Waals surface area contributed by atoms with E-state index in [9.17, 15) is 0 Å². The highest BCUT2D eigenvalue weighted by molar-refractivity contribution is 6.48. The molecule has 0 aliphatic heterocycles. The van der Waals surface area contributed by atoms with E-state index in [4.69, 9.17) is 33.8 Å².